The van der Waals surface area contributed by atoms with Crippen LogP contribution >= 0.6 is 11.8 Å². The Kier molecular flexibility index (Phi) is 4.73. The molecule has 0 saturated carbocycles. The first kappa shape index (κ1) is 15.3. The van der Waals surface area contributed by atoms with E-state index in [1.165, 1.54) is 18.9 Å². The van der Waals surface area contributed by atoms with Crippen molar-refractivity contribution in [2.45, 2.75) is 10.4 Å². The number of para-hydroxylation sites is 1. The predicted octanol–water partition coefficient (Wildman–Crippen LogP) is 3.27. The number of methoxy groups -OCH3 is 1. The van der Waals surface area contributed by atoms with Crippen LogP contribution in [0.1, 0.15) is 10.8 Å². The number of hydrogen-bond donors (Lipinski definition) is 0. The first-order valence-corrected chi connectivity index (χ1v) is 7.92. The average Bonchev–Trinajstić information content (AvgIpc) is 3.09. The van der Waals surface area contributed by atoms with Crippen molar-refractivity contribution >= 4 is 17.7 Å². The predicted molar refractivity (Wildman–Crippen MR) is 88.4 cm³/mol. The van der Waals surface area contributed by atoms with Crippen molar-refractivity contribution in [3.8, 4) is 5.69 Å². The molecule has 0 saturated heterocycles. The van der Waals surface area contributed by atoms with Crippen LogP contribution < -0.4 is 0 Å². The van der Waals surface area contributed by atoms with Gasteiger partial charge in [-0.3, -0.25) is 9.36 Å². The summed E-state index contributed by atoms with van der Waals surface area (Å²) in [5.74, 6) is -0.316. The van der Waals surface area contributed by atoms with Crippen LogP contribution in [0.4, 0.5) is 0 Å². The molecule has 3 rings (SSSR count). The number of ether oxygens (including phenoxy) is 1. The van der Waals surface area contributed by atoms with Crippen molar-refractivity contribution in [3.63, 3.8) is 0 Å². The van der Waals surface area contributed by atoms with Crippen molar-refractivity contribution in [1.29, 1.82) is 0 Å². The molecule has 0 aliphatic carbocycles. The second kappa shape index (κ2) is 7.11. The van der Waals surface area contributed by atoms with Gasteiger partial charge in [0.15, 0.2) is 5.16 Å². The molecule has 0 spiro atoms. The van der Waals surface area contributed by atoms with Crippen LogP contribution in [0.25, 0.3) is 5.69 Å². The average molecular weight is 325 g/mol. The zero-order valence-corrected chi connectivity index (χ0v) is 13.3. The number of benzene rings is 2. The molecule has 0 amide bonds. The molecule has 0 radical (unpaired) electrons. The van der Waals surface area contributed by atoms with Crippen molar-refractivity contribution in [1.82, 2.24) is 14.8 Å². The summed E-state index contributed by atoms with van der Waals surface area (Å²) in [6.45, 7) is 0. The number of nitrogens with zero attached hydrogens (tertiary/aromatic N) is 3. The molecule has 116 valence electrons. The molecule has 2 aromatic carbocycles. The Morgan fingerprint density at radius 1 is 1.09 bits per heavy atom. The third kappa shape index (κ3) is 3.43. The first-order valence-electron chi connectivity index (χ1n) is 7.04. The molecular weight excluding hydrogens is 310 g/mol. The van der Waals surface area contributed by atoms with Gasteiger partial charge in [-0.25, -0.2) is 0 Å². The number of aromatic nitrogens is 3. The van der Waals surface area contributed by atoms with Crippen LogP contribution in [0, 0.1) is 0 Å². The highest BCUT2D eigenvalue weighted by atomic mass is 32.2. The van der Waals surface area contributed by atoms with E-state index in [4.69, 9.17) is 4.74 Å². The van der Waals surface area contributed by atoms with E-state index < -0.39 is 5.25 Å². The third-order valence-electron chi connectivity index (χ3n) is 3.29. The lowest BCUT2D eigenvalue weighted by Gasteiger charge is -2.14. The van der Waals surface area contributed by atoms with Crippen LogP contribution in [-0.4, -0.2) is 27.8 Å². The molecule has 3 aromatic rings. The molecule has 1 atom stereocenters. The zero-order valence-electron chi connectivity index (χ0n) is 12.5. The lowest BCUT2D eigenvalue weighted by atomic mass is 10.1. The fourth-order valence-corrected chi connectivity index (χ4v) is 3.22. The van der Waals surface area contributed by atoms with Crippen LogP contribution in [-0.2, 0) is 9.53 Å². The summed E-state index contributed by atoms with van der Waals surface area (Å²) in [6, 6.07) is 19.3. The SMILES string of the molecule is COC(=O)[C@H](Sc1nncn1-c1ccccc1)c1ccccc1. The largest absolute Gasteiger partial charge is 0.468 e. The van der Waals surface area contributed by atoms with Gasteiger partial charge < -0.3 is 4.74 Å². The van der Waals surface area contributed by atoms with Gasteiger partial charge in [0.1, 0.15) is 11.6 Å². The summed E-state index contributed by atoms with van der Waals surface area (Å²) in [6.07, 6.45) is 1.64. The van der Waals surface area contributed by atoms with Gasteiger partial charge in [-0.2, -0.15) is 0 Å². The van der Waals surface area contributed by atoms with Crippen molar-refractivity contribution < 1.29 is 9.53 Å². The van der Waals surface area contributed by atoms with Gasteiger partial charge in [-0.15, -0.1) is 10.2 Å². The molecule has 0 fully saturated rings. The van der Waals surface area contributed by atoms with E-state index >= 15 is 0 Å². The number of carbonyl (C=O) groups is 1. The van der Waals surface area contributed by atoms with E-state index in [-0.39, 0.29) is 5.97 Å². The van der Waals surface area contributed by atoms with Gasteiger partial charge in [-0.1, -0.05) is 60.3 Å². The molecule has 5 nitrogen and oxygen atoms in total. The molecular formula is C17H15N3O2S. The van der Waals surface area contributed by atoms with Crippen molar-refractivity contribution in [3.05, 3.63) is 72.6 Å². The standard InChI is InChI=1S/C17H15N3O2S/c1-22-16(21)15(13-8-4-2-5-9-13)23-17-19-18-12-20(17)14-10-6-3-7-11-14/h2-12,15H,1H3/t15-/m1/s1. The second-order valence-electron chi connectivity index (χ2n) is 4.75. The Morgan fingerprint density at radius 2 is 1.74 bits per heavy atom. The lowest BCUT2D eigenvalue weighted by Crippen LogP contribution is -2.12. The van der Waals surface area contributed by atoms with Gasteiger partial charge in [0.2, 0.25) is 0 Å². The summed E-state index contributed by atoms with van der Waals surface area (Å²) in [5.41, 5.74) is 1.81. The summed E-state index contributed by atoms with van der Waals surface area (Å²) < 4.78 is 6.79. The molecule has 0 aliphatic heterocycles. The molecule has 0 unspecified atom stereocenters. The number of hydrogen-bond acceptors (Lipinski definition) is 5. The molecule has 0 bridgehead atoms. The maximum Gasteiger partial charge on any atom is 0.323 e. The first-order chi connectivity index (χ1) is 11.3. The summed E-state index contributed by atoms with van der Waals surface area (Å²) >= 11 is 1.32. The highest BCUT2D eigenvalue weighted by Crippen LogP contribution is 2.35. The maximum absolute atomic E-state index is 12.2. The van der Waals surface area contributed by atoms with Crippen molar-refractivity contribution in [2.24, 2.45) is 0 Å². The number of esters is 1. The van der Waals surface area contributed by atoms with E-state index in [2.05, 4.69) is 10.2 Å². The number of thioether (sulfide) groups is 1. The molecule has 6 heteroatoms. The highest BCUT2D eigenvalue weighted by molar-refractivity contribution is 8.00. The highest BCUT2D eigenvalue weighted by Gasteiger charge is 2.25. The van der Waals surface area contributed by atoms with E-state index in [0.717, 1.165) is 11.3 Å². The zero-order chi connectivity index (χ0) is 16.1. The lowest BCUT2D eigenvalue weighted by molar-refractivity contribution is -0.140. The minimum absolute atomic E-state index is 0.316. The summed E-state index contributed by atoms with van der Waals surface area (Å²) in [4.78, 5) is 12.2. The Labute approximate surface area is 138 Å². The topological polar surface area (TPSA) is 57.0 Å². The van der Waals surface area contributed by atoms with Gasteiger partial charge in [0.25, 0.3) is 0 Å². The quantitative estimate of drug-likeness (QED) is 0.532. The third-order valence-corrected chi connectivity index (χ3v) is 4.48. The molecule has 1 heterocycles. The van der Waals surface area contributed by atoms with E-state index in [9.17, 15) is 4.79 Å². The summed E-state index contributed by atoms with van der Waals surface area (Å²) in [7, 11) is 1.39. The number of rotatable bonds is 5. The Bertz CT molecular complexity index is 775. The fourth-order valence-electron chi connectivity index (χ4n) is 2.16. The Balaban J connectivity index is 1.93. The Hall–Kier alpha value is -2.60. The van der Waals surface area contributed by atoms with Gasteiger partial charge in [0.05, 0.1) is 7.11 Å². The normalized spacial score (nSPS) is 11.9. The van der Waals surface area contributed by atoms with E-state index in [1.807, 2.05) is 65.2 Å². The van der Waals surface area contributed by atoms with Crippen LogP contribution in [0.2, 0.25) is 0 Å². The Morgan fingerprint density at radius 3 is 2.39 bits per heavy atom. The minimum atomic E-state index is -0.493. The molecule has 0 N–H and O–H groups in total. The van der Waals surface area contributed by atoms with Gasteiger partial charge >= 0.3 is 5.97 Å². The van der Waals surface area contributed by atoms with Gasteiger partial charge in [0, 0.05) is 5.69 Å². The van der Waals surface area contributed by atoms with Crippen LogP contribution in [0.3, 0.4) is 0 Å². The molecule has 1 aromatic heterocycles. The van der Waals surface area contributed by atoms with Crippen LogP contribution in [0.15, 0.2) is 72.1 Å². The van der Waals surface area contributed by atoms with E-state index in [0.29, 0.717) is 5.16 Å². The minimum Gasteiger partial charge on any atom is -0.468 e. The van der Waals surface area contributed by atoms with Crippen molar-refractivity contribution in [2.75, 3.05) is 7.11 Å². The maximum atomic E-state index is 12.2. The smallest absolute Gasteiger partial charge is 0.323 e. The molecule has 0 aliphatic rings. The van der Waals surface area contributed by atoms with Gasteiger partial charge in [-0.05, 0) is 17.7 Å². The second-order valence-corrected chi connectivity index (χ2v) is 5.82. The fraction of sp³-hybridized carbons (Fsp3) is 0.118. The van der Waals surface area contributed by atoms with Crippen LogP contribution in [0.5, 0.6) is 0 Å². The molecule has 23 heavy (non-hydrogen) atoms. The summed E-state index contributed by atoms with van der Waals surface area (Å²) in [5, 5.41) is 8.26. The van der Waals surface area contributed by atoms with E-state index in [1.54, 1.807) is 6.33 Å². The monoisotopic (exact) mass is 325 g/mol. The number of carbonyl (C=O) groups excluding carboxylic acids is 1.